The molecule has 1 heterocycles. The topological polar surface area (TPSA) is 92.0 Å². The number of carboxylic acid groups (broad SMARTS) is 1. The van der Waals surface area contributed by atoms with E-state index in [0.717, 1.165) is 12.2 Å². The normalized spacial score (nSPS) is 9.00. The lowest BCUT2D eigenvalue weighted by atomic mass is 10.1. The Labute approximate surface area is 92.9 Å². The molecule has 5 heteroatoms. The molecule has 1 amide bonds. The first-order valence-corrected chi connectivity index (χ1v) is 4.69. The molecular weight excluding hydrogens is 206 g/mol. The van der Waals surface area contributed by atoms with Crippen LogP contribution in [0.4, 0.5) is 4.79 Å². The number of primary amides is 1. The molecule has 84 valence electrons. The highest BCUT2D eigenvalue weighted by Gasteiger charge is 1.95. The number of imidazole rings is 1. The molecule has 0 spiro atoms. The van der Waals surface area contributed by atoms with E-state index in [1.54, 1.807) is 6.20 Å². The molecule has 0 aliphatic heterocycles. The summed E-state index contributed by atoms with van der Waals surface area (Å²) in [6.45, 7) is 0. The quantitative estimate of drug-likeness (QED) is 0.716. The summed E-state index contributed by atoms with van der Waals surface area (Å²) in [7, 11) is 0. The van der Waals surface area contributed by atoms with Crippen molar-refractivity contribution in [2.24, 2.45) is 5.73 Å². The first kappa shape index (κ1) is 11.8. The Hall–Kier alpha value is -2.30. The summed E-state index contributed by atoms with van der Waals surface area (Å²) in [6.07, 6.45) is 3.17. The van der Waals surface area contributed by atoms with Crippen molar-refractivity contribution in [3.05, 3.63) is 54.1 Å². The van der Waals surface area contributed by atoms with Gasteiger partial charge in [-0.25, -0.2) is 9.78 Å². The number of aromatic nitrogens is 2. The van der Waals surface area contributed by atoms with E-state index in [4.69, 9.17) is 9.90 Å². The molecule has 0 aliphatic carbocycles. The van der Waals surface area contributed by atoms with Gasteiger partial charge in [-0.05, 0) is 5.56 Å². The predicted molar refractivity (Wildman–Crippen MR) is 60.0 cm³/mol. The molecule has 0 unspecified atom stereocenters. The number of H-pyrrole nitrogens is 1. The van der Waals surface area contributed by atoms with E-state index in [1.807, 2.05) is 24.4 Å². The van der Waals surface area contributed by atoms with E-state index in [0.29, 0.717) is 0 Å². The standard InChI is InChI=1S/C10H10N2.CH3NO2/c1-2-4-9(5-3-1)8-10-11-6-7-12-10;2-1(3)4/h1-7H,8H2,(H,11,12);2H2,(H,3,4). The zero-order valence-corrected chi connectivity index (χ0v) is 8.63. The van der Waals surface area contributed by atoms with Gasteiger partial charge in [0.25, 0.3) is 0 Å². The van der Waals surface area contributed by atoms with Crippen LogP contribution in [0.15, 0.2) is 42.7 Å². The Morgan fingerprint density at radius 1 is 1.38 bits per heavy atom. The fraction of sp³-hybridized carbons (Fsp3) is 0.0909. The molecular formula is C11H13N3O2. The average Bonchev–Trinajstić information content (AvgIpc) is 2.71. The van der Waals surface area contributed by atoms with E-state index < -0.39 is 6.09 Å². The Balaban J connectivity index is 0.000000280. The molecule has 0 radical (unpaired) electrons. The summed E-state index contributed by atoms with van der Waals surface area (Å²) in [5, 5.41) is 7.19. The maximum Gasteiger partial charge on any atom is 0.402 e. The second-order valence-electron chi connectivity index (χ2n) is 3.04. The lowest BCUT2D eigenvalue weighted by Crippen LogP contribution is -2.03. The lowest BCUT2D eigenvalue weighted by molar-refractivity contribution is 0.205. The summed E-state index contributed by atoms with van der Waals surface area (Å²) < 4.78 is 0. The first-order valence-electron chi connectivity index (χ1n) is 4.69. The van der Waals surface area contributed by atoms with Gasteiger partial charge in [-0.15, -0.1) is 0 Å². The van der Waals surface area contributed by atoms with Crippen LogP contribution < -0.4 is 5.73 Å². The third-order valence-electron chi connectivity index (χ3n) is 1.77. The van der Waals surface area contributed by atoms with Crippen LogP contribution in [0.1, 0.15) is 11.4 Å². The van der Waals surface area contributed by atoms with Gasteiger partial charge in [-0.2, -0.15) is 0 Å². The second kappa shape index (κ2) is 6.23. The summed E-state index contributed by atoms with van der Waals surface area (Å²) in [4.78, 5) is 16.0. The van der Waals surface area contributed by atoms with Crippen LogP contribution in [-0.2, 0) is 6.42 Å². The molecule has 0 fully saturated rings. The number of hydrogen-bond donors (Lipinski definition) is 3. The zero-order chi connectivity index (χ0) is 11.8. The largest absolute Gasteiger partial charge is 0.465 e. The highest BCUT2D eigenvalue weighted by Crippen LogP contribution is 2.03. The summed E-state index contributed by atoms with van der Waals surface area (Å²) in [5.74, 6) is 1.02. The van der Waals surface area contributed by atoms with Crippen molar-refractivity contribution in [3.8, 4) is 0 Å². The Morgan fingerprint density at radius 3 is 2.50 bits per heavy atom. The highest BCUT2D eigenvalue weighted by molar-refractivity contribution is 5.61. The van der Waals surface area contributed by atoms with Gasteiger partial charge >= 0.3 is 6.09 Å². The van der Waals surface area contributed by atoms with Crippen LogP contribution in [0.25, 0.3) is 0 Å². The second-order valence-corrected chi connectivity index (χ2v) is 3.04. The van der Waals surface area contributed by atoms with Gasteiger partial charge in [-0.1, -0.05) is 30.3 Å². The fourth-order valence-corrected chi connectivity index (χ4v) is 1.18. The van der Waals surface area contributed by atoms with E-state index in [2.05, 4.69) is 27.8 Å². The number of nitrogens with one attached hydrogen (secondary N) is 1. The zero-order valence-electron chi connectivity index (χ0n) is 8.63. The van der Waals surface area contributed by atoms with Gasteiger partial charge in [-0.3, -0.25) is 0 Å². The third kappa shape index (κ3) is 4.80. The van der Waals surface area contributed by atoms with Crippen molar-refractivity contribution in [1.82, 2.24) is 9.97 Å². The number of nitrogens with zero attached hydrogens (tertiary/aromatic N) is 1. The van der Waals surface area contributed by atoms with Gasteiger partial charge < -0.3 is 15.8 Å². The fourth-order valence-electron chi connectivity index (χ4n) is 1.18. The molecule has 0 aliphatic rings. The molecule has 2 aromatic rings. The number of nitrogens with two attached hydrogens (primary N) is 1. The molecule has 1 aromatic heterocycles. The molecule has 4 N–H and O–H groups in total. The molecule has 0 saturated heterocycles. The first-order chi connectivity index (χ1) is 7.68. The van der Waals surface area contributed by atoms with Crippen molar-refractivity contribution in [1.29, 1.82) is 0 Å². The van der Waals surface area contributed by atoms with E-state index in [-0.39, 0.29) is 0 Å². The van der Waals surface area contributed by atoms with Gasteiger partial charge in [0.1, 0.15) is 5.82 Å². The number of carbonyl (C=O) groups is 1. The monoisotopic (exact) mass is 219 g/mol. The smallest absolute Gasteiger partial charge is 0.402 e. The SMILES string of the molecule is NC(=O)O.c1ccc(Cc2ncc[nH]2)cc1. The predicted octanol–water partition coefficient (Wildman–Crippen LogP) is 1.62. The maximum absolute atomic E-state index is 8.78. The molecule has 5 nitrogen and oxygen atoms in total. The Kier molecular flexibility index (Phi) is 4.59. The molecule has 1 aromatic carbocycles. The van der Waals surface area contributed by atoms with Crippen LogP contribution in [0.5, 0.6) is 0 Å². The summed E-state index contributed by atoms with van der Waals surface area (Å²) in [6, 6.07) is 10.3. The minimum absolute atomic E-state index is 0.883. The Bertz CT molecular complexity index is 408. The number of benzene rings is 1. The van der Waals surface area contributed by atoms with Gasteiger partial charge in [0.15, 0.2) is 0 Å². The summed E-state index contributed by atoms with van der Waals surface area (Å²) in [5.41, 5.74) is 5.31. The molecule has 0 bridgehead atoms. The average molecular weight is 219 g/mol. The van der Waals surface area contributed by atoms with Gasteiger partial charge in [0.05, 0.1) is 0 Å². The number of hydrogen-bond acceptors (Lipinski definition) is 2. The van der Waals surface area contributed by atoms with Crippen molar-refractivity contribution in [3.63, 3.8) is 0 Å². The molecule has 2 rings (SSSR count). The molecule has 0 saturated carbocycles. The van der Waals surface area contributed by atoms with Crippen molar-refractivity contribution >= 4 is 6.09 Å². The maximum atomic E-state index is 8.78. The molecule has 16 heavy (non-hydrogen) atoms. The van der Waals surface area contributed by atoms with Crippen molar-refractivity contribution < 1.29 is 9.90 Å². The van der Waals surface area contributed by atoms with E-state index >= 15 is 0 Å². The van der Waals surface area contributed by atoms with E-state index in [1.165, 1.54) is 5.56 Å². The van der Waals surface area contributed by atoms with E-state index in [9.17, 15) is 0 Å². The number of amides is 1. The van der Waals surface area contributed by atoms with Crippen LogP contribution in [-0.4, -0.2) is 21.2 Å². The highest BCUT2D eigenvalue weighted by atomic mass is 16.4. The van der Waals surface area contributed by atoms with Crippen LogP contribution >= 0.6 is 0 Å². The van der Waals surface area contributed by atoms with Gasteiger partial charge in [0.2, 0.25) is 0 Å². The van der Waals surface area contributed by atoms with Gasteiger partial charge in [0, 0.05) is 18.8 Å². The van der Waals surface area contributed by atoms with Crippen LogP contribution in [0, 0.1) is 0 Å². The third-order valence-corrected chi connectivity index (χ3v) is 1.77. The van der Waals surface area contributed by atoms with Crippen molar-refractivity contribution in [2.75, 3.05) is 0 Å². The number of aromatic amines is 1. The number of rotatable bonds is 2. The van der Waals surface area contributed by atoms with Crippen LogP contribution in [0.3, 0.4) is 0 Å². The Morgan fingerprint density at radius 2 is 2.00 bits per heavy atom. The lowest BCUT2D eigenvalue weighted by Gasteiger charge is -1.95. The minimum Gasteiger partial charge on any atom is -0.465 e. The molecule has 0 atom stereocenters. The van der Waals surface area contributed by atoms with Crippen LogP contribution in [0.2, 0.25) is 0 Å². The minimum atomic E-state index is -1.33. The summed E-state index contributed by atoms with van der Waals surface area (Å²) >= 11 is 0. The van der Waals surface area contributed by atoms with Crippen molar-refractivity contribution in [2.45, 2.75) is 6.42 Å².